The Bertz CT molecular complexity index is 808. The van der Waals surface area contributed by atoms with Gasteiger partial charge in [0.05, 0.1) is 0 Å². The number of fused-ring (bicyclic) bond motifs is 1. The van der Waals surface area contributed by atoms with E-state index in [0.29, 0.717) is 16.6 Å². The number of hydrogen-bond donors (Lipinski definition) is 2. The fourth-order valence-corrected chi connectivity index (χ4v) is 3.57. The fourth-order valence-electron chi connectivity index (χ4n) is 3.08. The molecule has 0 saturated carbocycles. The molecule has 0 amide bonds. The number of benzene rings is 2. The Hall–Kier alpha value is -1.48. The van der Waals surface area contributed by atoms with E-state index in [9.17, 15) is 0 Å². The Morgan fingerprint density at radius 1 is 1.14 bits per heavy atom. The van der Waals surface area contributed by atoms with E-state index in [4.69, 9.17) is 28.9 Å². The molecule has 1 heterocycles. The van der Waals surface area contributed by atoms with Crippen LogP contribution >= 0.6 is 23.2 Å². The van der Waals surface area contributed by atoms with Crippen molar-refractivity contribution >= 4 is 34.1 Å². The Kier molecular flexibility index (Phi) is 4.44. The number of para-hydroxylation sites is 1. The molecule has 2 nitrogen and oxygen atoms in total. The van der Waals surface area contributed by atoms with Crippen LogP contribution in [0.2, 0.25) is 10.0 Å². The molecular formula is C18H18Cl2N2. The van der Waals surface area contributed by atoms with Crippen LogP contribution < -0.4 is 5.73 Å². The number of aromatic nitrogens is 1. The summed E-state index contributed by atoms with van der Waals surface area (Å²) in [6, 6.07) is 14.0. The van der Waals surface area contributed by atoms with E-state index in [0.717, 1.165) is 17.5 Å². The van der Waals surface area contributed by atoms with E-state index >= 15 is 0 Å². The molecule has 0 fully saturated rings. The lowest BCUT2D eigenvalue weighted by molar-refractivity contribution is 0.695. The quantitative estimate of drug-likeness (QED) is 0.688. The summed E-state index contributed by atoms with van der Waals surface area (Å²) in [6.45, 7) is 2.67. The van der Waals surface area contributed by atoms with Gasteiger partial charge in [-0.25, -0.2) is 0 Å². The molecule has 2 aromatic carbocycles. The standard InChI is InChI=1S/C18H18Cl2N2/c1-11-18(15-4-2-3-5-17(15)22-11)13(10-21)8-12-6-7-14(19)9-16(12)20/h2-7,9,13,22H,8,10,21H2,1H3. The number of aryl methyl sites for hydroxylation is 1. The number of rotatable bonds is 4. The molecule has 1 atom stereocenters. The Morgan fingerprint density at radius 2 is 1.91 bits per heavy atom. The third-order valence-electron chi connectivity index (χ3n) is 4.12. The Balaban J connectivity index is 2.01. The molecule has 0 saturated heterocycles. The van der Waals surface area contributed by atoms with Crippen LogP contribution in [-0.2, 0) is 6.42 Å². The van der Waals surface area contributed by atoms with E-state index in [1.54, 1.807) is 6.07 Å². The van der Waals surface area contributed by atoms with Crippen molar-refractivity contribution < 1.29 is 0 Å². The number of hydrogen-bond acceptors (Lipinski definition) is 1. The Morgan fingerprint density at radius 3 is 2.64 bits per heavy atom. The van der Waals surface area contributed by atoms with Crippen molar-refractivity contribution in [3.8, 4) is 0 Å². The number of nitrogens with two attached hydrogens (primary N) is 1. The molecule has 0 aliphatic rings. The van der Waals surface area contributed by atoms with Crippen LogP contribution in [0.1, 0.15) is 22.7 Å². The molecule has 114 valence electrons. The van der Waals surface area contributed by atoms with Crippen LogP contribution in [0.25, 0.3) is 10.9 Å². The second kappa shape index (κ2) is 6.33. The van der Waals surface area contributed by atoms with E-state index in [1.165, 1.54) is 16.6 Å². The molecule has 0 bridgehead atoms. The molecule has 0 radical (unpaired) electrons. The largest absolute Gasteiger partial charge is 0.358 e. The molecule has 3 N–H and O–H groups in total. The molecule has 3 aromatic rings. The summed E-state index contributed by atoms with van der Waals surface area (Å²) in [4.78, 5) is 3.44. The zero-order valence-electron chi connectivity index (χ0n) is 12.4. The van der Waals surface area contributed by atoms with Gasteiger partial charge in [0, 0.05) is 32.6 Å². The molecular weight excluding hydrogens is 315 g/mol. The monoisotopic (exact) mass is 332 g/mol. The van der Waals surface area contributed by atoms with E-state index in [1.807, 2.05) is 18.2 Å². The summed E-state index contributed by atoms with van der Waals surface area (Å²) >= 11 is 12.3. The topological polar surface area (TPSA) is 41.8 Å². The van der Waals surface area contributed by atoms with E-state index < -0.39 is 0 Å². The van der Waals surface area contributed by atoms with Crippen molar-refractivity contribution in [2.75, 3.05) is 6.54 Å². The first-order valence-corrected chi connectivity index (χ1v) is 8.07. The average molecular weight is 333 g/mol. The fraction of sp³-hybridized carbons (Fsp3) is 0.222. The molecule has 0 aliphatic heterocycles. The maximum atomic E-state index is 6.32. The highest BCUT2D eigenvalue weighted by Crippen LogP contribution is 2.33. The summed E-state index contributed by atoms with van der Waals surface area (Å²) in [5.41, 5.74) is 10.7. The van der Waals surface area contributed by atoms with Gasteiger partial charge in [0.2, 0.25) is 0 Å². The molecule has 4 heteroatoms. The number of H-pyrrole nitrogens is 1. The first kappa shape index (κ1) is 15.4. The highest BCUT2D eigenvalue weighted by molar-refractivity contribution is 6.35. The molecule has 1 aromatic heterocycles. The predicted molar refractivity (Wildman–Crippen MR) is 95.0 cm³/mol. The van der Waals surface area contributed by atoms with Gasteiger partial charge in [0.15, 0.2) is 0 Å². The lowest BCUT2D eigenvalue weighted by Crippen LogP contribution is -2.16. The third-order valence-corrected chi connectivity index (χ3v) is 4.70. The summed E-state index contributed by atoms with van der Waals surface area (Å²) < 4.78 is 0. The molecule has 0 aliphatic carbocycles. The molecule has 3 rings (SSSR count). The minimum absolute atomic E-state index is 0.217. The van der Waals surface area contributed by atoms with Gasteiger partial charge in [-0.05, 0) is 49.2 Å². The number of halogens is 2. The summed E-state index contributed by atoms with van der Waals surface area (Å²) in [6.07, 6.45) is 0.801. The maximum Gasteiger partial charge on any atom is 0.0458 e. The normalized spacial score (nSPS) is 12.7. The van der Waals surface area contributed by atoms with Crippen molar-refractivity contribution in [2.24, 2.45) is 5.73 Å². The van der Waals surface area contributed by atoms with Crippen LogP contribution in [0.4, 0.5) is 0 Å². The lowest BCUT2D eigenvalue weighted by atomic mass is 9.90. The van der Waals surface area contributed by atoms with Gasteiger partial charge < -0.3 is 10.7 Å². The van der Waals surface area contributed by atoms with Crippen molar-refractivity contribution in [1.29, 1.82) is 0 Å². The summed E-state index contributed by atoms with van der Waals surface area (Å²) in [5.74, 6) is 0.217. The van der Waals surface area contributed by atoms with Gasteiger partial charge in [-0.3, -0.25) is 0 Å². The lowest BCUT2D eigenvalue weighted by Gasteiger charge is -2.17. The van der Waals surface area contributed by atoms with Crippen LogP contribution in [0.5, 0.6) is 0 Å². The minimum atomic E-state index is 0.217. The van der Waals surface area contributed by atoms with Gasteiger partial charge in [0.25, 0.3) is 0 Å². The Labute approximate surface area is 140 Å². The molecule has 1 unspecified atom stereocenters. The minimum Gasteiger partial charge on any atom is -0.358 e. The van der Waals surface area contributed by atoms with Gasteiger partial charge in [-0.2, -0.15) is 0 Å². The van der Waals surface area contributed by atoms with E-state index in [2.05, 4.69) is 30.1 Å². The van der Waals surface area contributed by atoms with Crippen LogP contribution in [0.3, 0.4) is 0 Å². The van der Waals surface area contributed by atoms with Gasteiger partial charge in [0.1, 0.15) is 0 Å². The summed E-state index contributed by atoms with van der Waals surface area (Å²) in [7, 11) is 0. The first-order valence-electron chi connectivity index (χ1n) is 7.31. The van der Waals surface area contributed by atoms with Crippen LogP contribution in [0.15, 0.2) is 42.5 Å². The van der Waals surface area contributed by atoms with Crippen molar-refractivity contribution in [3.05, 3.63) is 69.3 Å². The predicted octanol–water partition coefficient (Wildman–Crippen LogP) is 5.07. The van der Waals surface area contributed by atoms with Gasteiger partial charge in [-0.1, -0.05) is 47.5 Å². The second-order valence-electron chi connectivity index (χ2n) is 5.58. The van der Waals surface area contributed by atoms with Crippen LogP contribution in [-0.4, -0.2) is 11.5 Å². The zero-order valence-corrected chi connectivity index (χ0v) is 13.9. The SMILES string of the molecule is Cc1[nH]c2ccccc2c1C(CN)Cc1ccc(Cl)cc1Cl. The molecule has 0 spiro atoms. The third kappa shape index (κ3) is 2.87. The smallest absolute Gasteiger partial charge is 0.0458 e. The first-order chi connectivity index (χ1) is 10.6. The van der Waals surface area contributed by atoms with Crippen molar-refractivity contribution in [2.45, 2.75) is 19.3 Å². The summed E-state index contributed by atoms with van der Waals surface area (Å²) in [5, 5.41) is 2.59. The highest BCUT2D eigenvalue weighted by Gasteiger charge is 2.19. The van der Waals surface area contributed by atoms with Gasteiger partial charge in [-0.15, -0.1) is 0 Å². The maximum absolute atomic E-state index is 6.32. The van der Waals surface area contributed by atoms with E-state index in [-0.39, 0.29) is 5.92 Å². The number of aromatic amines is 1. The van der Waals surface area contributed by atoms with Crippen LogP contribution in [0, 0.1) is 6.92 Å². The van der Waals surface area contributed by atoms with Crippen molar-refractivity contribution in [3.63, 3.8) is 0 Å². The average Bonchev–Trinajstić information content (AvgIpc) is 2.83. The van der Waals surface area contributed by atoms with Crippen molar-refractivity contribution in [1.82, 2.24) is 4.98 Å². The highest BCUT2D eigenvalue weighted by atomic mass is 35.5. The molecule has 22 heavy (non-hydrogen) atoms. The second-order valence-corrected chi connectivity index (χ2v) is 6.43. The zero-order chi connectivity index (χ0) is 15.7. The number of nitrogens with one attached hydrogen (secondary N) is 1. The van der Waals surface area contributed by atoms with Gasteiger partial charge >= 0.3 is 0 Å².